The van der Waals surface area contributed by atoms with Crippen LogP contribution in [0.5, 0.6) is 0 Å². The van der Waals surface area contributed by atoms with Crippen LogP contribution in [-0.4, -0.2) is 14.3 Å². The zero-order chi connectivity index (χ0) is 14.0. The predicted molar refractivity (Wildman–Crippen MR) is 74.6 cm³/mol. The van der Waals surface area contributed by atoms with Crippen LogP contribution in [-0.2, 0) is 15.6 Å². The van der Waals surface area contributed by atoms with Crippen LogP contribution in [0, 0.1) is 0 Å². The number of carbonyl (C=O) groups excluding carboxylic acids is 1. The first-order valence-corrected chi connectivity index (χ1v) is 7.88. The lowest BCUT2D eigenvalue weighted by Crippen LogP contribution is -2.12. The second-order valence-electron chi connectivity index (χ2n) is 3.97. The number of rotatable bonds is 4. The molecule has 5 nitrogen and oxygen atoms in total. The molecule has 0 bridgehead atoms. The Labute approximate surface area is 114 Å². The van der Waals surface area contributed by atoms with Crippen LogP contribution in [0.25, 0.3) is 0 Å². The first-order valence-electron chi connectivity index (χ1n) is 5.34. The lowest BCUT2D eigenvalue weighted by Gasteiger charge is -2.07. The fourth-order valence-electron chi connectivity index (χ4n) is 1.60. The second kappa shape index (κ2) is 5.02. The van der Waals surface area contributed by atoms with Gasteiger partial charge in [0.05, 0.1) is 5.75 Å². The van der Waals surface area contributed by atoms with Crippen molar-refractivity contribution in [2.24, 2.45) is 5.73 Å². The van der Waals surface area contributed by atoms with Gasteiger partial charge in [-0.1, -0.05) is 12.1 Å². The van der Waals surface area contributed by atoms with Crippen molar-refractivity contribution < 1.29 is 13.2 Å². The Morgan fingerprint density at radius 1 is 1.26 bits per heavy atom. The summed E-state index contributed by atoms with van der Waals surface area (Å²) in [7, 11) is -3.40. The molecule has 4 N–H and O–H groups in total. The quantitative estimate of drug-likeness (QED) is 0.832. The Hall–Kier alpha value is -1.86. The van der Waals surface area contributed by atoms with E-state index in [4.69, 9.17) is 11.5 Å². The lowest BCUT2D eigenvalue weighted by molar-refractivity contribution is 0.100. The van der Waals surface area contributed by atoms with Crippen molar-refractivity contribution in [1.82, 2.24) is 0 Å². The molecule has 0 aliphatic heterocycles. The zero-order valence-corrected chi connectivity index (χ0v) is 11.5. The summed E-state index contributed by atoms with van der Waals surface area (Å²) in [4.78, 5) is 11.0. The van der Waals surface area contributed by atoms with E-state index in [-0.39, 0.29) is 17.0 Å². The number of hydrogen-bond acceptors (Lipinski definition) is 5. The molecule has 100 valence electrons. The highest BCUT2D eigenvalue weighted by atomic mass is 32.2. The number of sulfone groups is 1. The summed E-state index contributed by atoms with van der Waals surface area (Å²) >= 11 is 1.16. The highest BCUT2D eigenvalue weighted by molar-refractivity contribution is 7.92. The highest BCUT2D eigenvalue weighted by Crippen LogP contribution is 2.24. The van der Waals surface area contributed by atoms with Gasteiger partial charge in [-0.15, -0.1) is 11.3 Å². The number of thiophene rings is 1. The summed E-state index contributed by atoms with van der Waals surface area (Å²) < 4.78 is 24.5. The van der Waals surface area contributed by atoms with Gasteiger partial charge < -0.3 is 11.5 Å². The Balaban J connectivity index is 2.32. The van der Waals surface area contributed by atoms with Gasteiger partial charge in [-0.3, -0.25) is 4.79 Å². The molecule has 0 radical (unpaired) electrons. The molecule has 1 amide bonds. The molecule has 19 heavy (non-hydrogen) atoms. The average Bonchev–Trinajstić information content (AvgIpc) is 2.85. The predicted octanol–water partition coefficient (Wildman–Crippen LogP) is 1.40. The van der Waals surface area contributed by atoms with Crippen molar-refractivity contribution in [2.75, 3.05) is 5.73 Å². The summed E-state index contributed by atoms with van der Waals surface area (Å²) in [6, 6.07) is 7.60. The normalized spacial score (nSPS) is 11.4. The molecule has 1 heterocycles. The maximum absolute atomic E-state index is 12.1. The molecular formula is C12H12N2O3S2. The van der Waals surface area contributed by atoms with Crippen LogP contribution < -0.4 is 11.5 Å². The fourth-order valence-corrected chi connectivity index (χ4v) is 4.07. The lowest BCUT2D eigenvalue weighted by atomic mass is 10.1. The Kier molecular flexibility index (Phi) is 3.59. The summed E-state index contributed by atoms with van der Waals surface area (Å²) in [6.45, 7) is 0. The number of hydrogen-bond donors (Lipinski definition) is 2. The Bertz CT molecular complexity index is 707. The van der Waals surface area contributed by atoms with E-state index in [0.29, 0.717) is 9.77 Å². The van der Waals surface area contributed by atoms with Crippen molar-refractivity contribution in [3.63, 3.8) is 0 Å². The smallest absolute Gasteiger partial charge is 0.248 e. The molecule has 0 atom stereocenters. The molecule has 0 spiro atoms. The van der Waals surface area contributed by atoms with Gasteiger partial charge in [-0.25, -0.2) is 8.42 Å². The SMILES string of the molecule is NC(=O)c1ccc(CS(=O)(=O)c2cccs2)c(N)c1. The first kappa shape index (κ1) is 13.6. The van der Waals surface area contributed by atoms with E-state index in [1.54, 1.807) is 17.5 Å². The third kappa shape index (κ3) is 2.94. The third-order valence-electron chi connectivity index (χ3n) is 2.58. The van der Waals surface area contributed by atoms with Gasteiger partial charge in [-0.05, 0) is 29.1 Å². The number of primary amides is 1. The van der Waals surface area contributed by atoms with E-state index < -0.39 is 15.7 Å². The van der Waals surface area contributed by atoms with Crippen LogP contribution in [0.3, 0.4) is 0 Å². The molecule has 0 saturated carbocycles. The minimum absolute atomic E-state index is 0.196. The molecular weight excluding hydrogens is 284 g/mol. The zero-order valence-electron chi connectivity index (χ0n) is 9.87. The largest absolute Gasteiger partial charge is 0.398 e. The van der Waals surface area contributed by atoms with Gasteiger partial charge in [0.25, 0.3) is 0 Å². The third-order valence-corrected chi connectivity index (χ3v) is 5.73. The topological polar surface area (TPSA) is 103 Å². The molecule has 0 unspecified atom stereocenters. The van der Waals surface area contributed by atoms with Crippen molar-refractivity contribution in [2.45, 2.75) is 9.96 Å². The molecule has 0 saturated heterocycles. The number of amides is 1. The summed E-state index contributed by atoms with van der Waals surface area (Å²) in [6.07, 6.45) is 0. The van der Waals surface area contributed by atoms with E-state index in [2.05, 4.69) is 0 Å². The first-order chi connectivity index (χ1) is 8.90. The van der Waals surface area contributed by atoms with Gasteiger partial charge in [0.1, 0.15) is 4.21 Å². The van der Waals surface area contributed by atoms with E-state index >= 15 is 0 Å². The molecule has 0 aliphatic carbocycles. The summed E-state index contributed by atoms with van der Waals surface area (Å²) in [5, 5.41) is 1.70. The number of benzene rings is 1. The van der Waals surface area contributed by atoms with Gasteiger partial charge >= 0.3 is 0 Å². The van der Waals surface area contributed by atoms with Gasteiger partial charge in [0.2, 0.25) is 5.91 Å². The van der Waals surface area contributed by atoms with Crippen LogP contribution in [0.2, 0.25) is 0 Å². The van der Waals surface area contributed by atoms with E-state index in [9.17, 15) is 13.2 Å². The highest BCUT2D eigenvalue weighted by Gasteiger charge is 2.18. The molecule has 2 rings (SSSR count). The van der Waals surface area contributed by atoms with Crippen LogP contribution >= 0.6 is 11.3 Å². The number of carbonyl (C=O) groups is 1. The van der Waals surface area contributed by atoms with E-state index in [1.165, 1.54) is 18.2 Å². The maximum Gasteiger partial charge on any atom is 0.248 e. The van der Waals surface area contributed by atoms with Crippen LogP contribution in [0.4, 0.5) is 5.69 Å². The van der Waals surface area contributed by atoms with Crippen molar-refractivity contribution in [1.29, 1.82) is 0 Å². The molecule has 0 fully saturated rings. The van der Waals surface area contributed by atoms with Gasteiger partial charge in [0, 0.05) is 11.3 Å². The van der Waals surface area contributed by atoms with Crippen LogP contribution in [0.1, 0.15) is 15.9 Å². The molecule has 1 aromatic heterocycles. The number of nitrogen functional groups attached to an aromatic ring is 1. The van der Waals surface area contributed by atoms with Crippen molar-refractivity contribution in [3.05, 3.63) is 46.8 Å². The Morgan fingerprint density at radius 2 is 2.00 bits per heavy atom. The summed E-state index contributed by atoms with van der Waals surface area (Å²) in [5.74, 6) is -0.794. The number of nitrogens with two attached hydrogens (primary N) is 2. The number of anilines is 1. The minimum atomic E-state index is -3.40. The van der Waals surface area contributed by atoms with E-state index in [0.717, 1.165) is 11.3 Å². The summed E-state index contributed by atoms with van der Waals surface area (Å²) in [5.41, 5.74) is 11.8. The van der Waals surface area contributed by atoms with Crippen LogP contribution in [0.15, 0.2) is 39.9 Å². The monoisotopic (exact) mass is 296 g/mol. The van der Waals surface area contributed by atoms with Gasteiger partial charge in [0.15, 0.2) is 9.84 Å². The fraction of sp³-hybridized carbons (Fsp3) is 0.0833. The van der Waals surface area contributed by atoms with Crippen molar-refractivity contribution >= 4 is 32.8 Å². The molecule has 1 aromatic carbocycles. The molecule has 7 heteroatoms. The minimum Gasteiger partial charge on any atom is -0.398 e. The second-order valence-corrected chi connectivity index (χ2v) is 7.13. The van der Waals surface area contributed by atoms with Gasteiger partial charge in [-0.2, -0.15) is 0 Å². The maximum atomic E-state index is 12.1. The Morgan fingerprint density at radius 3 is 2.53 bits per heavy atom. The molecule has 0 aliphatic rings. The van der Waals surface area contributed by atoms with E-state index in [1.807, 2.05) is 0 Å². The van der Waals surface area contributed by atoms with Crippen molar-refractivity contribution in [3.8, 4) is 0 Å². The standard InChI is InChI=1S/C12H12N2O3S2/c13-10-6-8(12(14)15)3-4-9(10)7-19(16,17)11-2-1-5-18-11/h1-6H,7,13H2,(H2,14,15). The average molecular weight is 296 g/mol. The molecule has 2 aromatic rings.